The molecule has 1 aliphatic heterocycles. The SMILES string of the molecule is CCOc1ccc2c(c1)C(=O)C(=CNC(C)C)S2. The molecule has 96 valence electrons. The molecule has 1 aromatic carbocycles. The number of thioether (sulfide) groups is 1. The van der Waals surface area contributed by atoms with Gasteiger partial charge in [-0.15, -0.1) is 0 Å². The zero-order chi connectivity index (χ0) is 13.1. The van der Waals surface area contributed by atoms with Gasteiger partial charge < -0.3 is 10.1 Å². The number of ether oxygens (including phenoxy) is 1. The van der Waals surface area contributed by atoms with E-state index in [-0.39, 0.29) is 5.78 Å². The van der Waals surface area contributed by atoms with E-state index in [1.807, 2.05) is 39.0 Å². The van der Waals surface area contributed by atoms with Crippen LogP contribution in [0, 0.1) is 0 Å². The van der Waals surface area contributed by atoms with Gasteiger partial charge in [0.05, 0.1) is 11.5 Å². The van der Waals surface area contributed by atoms with Gasteiger partial charge >= 0.3 is 0 Å². The number of rotatable bonds is 4. The Morgan fingerprint density at radius 3 is 2.89 bits per heavy atom. The third kappa shape index (κ3) is 2.70. The maximum Gasteiger partial charge on any atom is 0.202 e. The summed E-state index contributed by atoms with van der Waals surface area (Å²) < 4.78 is 5.42. The molecule has 18 heavy (non-hydrogen) atoms. The van der Waals surface area contributed by atoms with Gasteiger partial charge in [0.2, 0.25) is 5.78 Å². The number of hydrogen-bond donors (Lipinski definition) is 1. The van der Waals surface area contributed by atoms with E-state index in [1.54, 1.807) is 6.20 Å². The van der Waals surface area contributed by atoms with Crippen LogP contribution >= 0.6 is 11.8 Å². The zero-order valence-corrected chi connectivity index (χ0v) is 11.6. The molecule has 0 radical (unpaired) electrons. The molecule has 0 aromatic heterocycles. The summed E-state index contributed by atoms with van der Waals surface area (Å²) in [5.74, 6) is 0.827. The molecule has 4 heteroatoms. The number of allylic oxidation sites excluding steroid dienone is 1. The Labute approximate surface area is 112 Å². The maximum atomic E-state index is 12.2. The standard InChI is InChI=1S/C14H17NO2S/c1-4-17-10-5-6-12-11(7-10)14(16)13(18-12)8-15-9(2)3/h5-9,15H,4H2,1-3H3. The van der Waals surface area contributed by atoms with E-state index in [4.69, 9.17) is 4.74 Å². The molecule has 0 fully saturated rings. The normalized spacial score (nSPS) is 16.2. The largest absolute Gasteiger partial charge is 0.494 e. The Bertz CT molecular complexity index is 495. The average Bonchev–Trinajstić information content (AvgIpc) is 2.64. The van der Waals surface area contributed by atoms with Crippen LogP contribution in [0.4, 0.5) is 0 Å². The van der Waals surface area contributed by atoms with Gasteiger partial charge in [0.1, 0.15) is 5.75 Å². The van der Waals surface area contributed by atoms with Crippen LogP contribution in [0.3, 0.4) is 0 Å². The topological polar surface area (TPSA) is 38.3 Å². The lowest BCUT2D eigenvalue weighted by atomic mass is 10.1. The zero-order valence-electron chi connectivity index (χ0n) is 10.8. The molecule has 2 rings (SSSR count). The summed E-state index contributed by atoms with van der Waals surface area (Å²) in [4.78, 5) is 13.9. The molecule has 0 spiro atoms. The lowest BCUT2D eigenvalue weighted by molar-refractivity contribution is 0.104. The second-order valence-corrected chi connectivity index (χ2v) is 5.44. The Morgan fingerprint density at radius 2 is 2.22 bits per heavy atom. The Hall–Kier alpha value is -1.42. The van der Waals surface area contributed by atoms with E-state index < -0.39 is 0 Å². The second-order valence-electron chi connectivity index (χ2n) is 4.35. The van der Waals surface area contributed by atoms with Crippen molar-refractivity contribution in [3.05, 3.63) is 34.9 Å². The van der Waals surface area contributed by atoms with Crippen LogP contribution in [0.15, 0.2) is 34.2 Å². The molecular weight excluding hydrogens is 246 g/mol. The molecule has 0 saturated carbocycles. The number of fused-ring (bicyclic) bond motifs is 1. The summed E-state index contributed by atoms with van der Waals surface area (Å²) >= 11 is 1.51. The quantitative estimate of drug-likeness (QED) is 0.847. The minimum atomic E-state index is 0.0738. The molecule has 1 aromatic rings. The smallest absolute Gasteiger partial charge is 0.202 e. The van der Waals surface area contributed by atoms with E-state index in [0.29, 0.717) is 12.6 Å². The highest BCUT2D eigenvalue weighted by Gasteiger charge is 2.26. The third-order valence-corrected chi connectivity index (χ3v) is 3.60. The Kier molecular flexibility index (Phi) is 3.97. The van der Waals surface area contributed by atoms with Gasteiger partial charge in [-0.05, 0) is 39.0 Å². The minimum absolute atomic E-state index is 0.0738. The minimum Gasteiger partial charge on any atom is -0.494 e. The molecule has 0 saturated heterocycles. The molecule has 0 bridgehead atoms. The molecule has 1 aliphatic rings. The number of benzene rings is 1. The van der Waals surface area contributed by atoms with E-state index in [2.05, 4.69) is 5.32 Å². The van der Waals surface area contributed by atoms with Crippen LogP contribution in [0.5, 0.6) is 5.75 Å². The molecule has 1 N–H and O–H groups in total. The molecule has 0 amide bonds. The van der Waals surface area contributed by atoms with Crippen LogP contribution in [0.2, 0.25) is 0 Å². The van der Waals surface area contributed by atoms with Crippen molar-refractivity contribution < 1.29 is 9.53 Å². The van der Waals surface area contributed by atoms with Gasteiger partial charge in [-0.3, -0.25) is 4.79 Å². The van der Waals surface area contributed by atoms with Gasteiger partial charge in [-0.2, -0.15) is 0 Å². The van der Waals surface area contributed by atoms with Crippen LogP contribution < -0.4 is 10.1 Å². The van der Waals surface area contributed by atoms with Gasteiger partial charge in [0.25, 0.3) is 0 Å². The summed E-state index contributed by atoms with van der Waals surface area (Å²) in [6, 6.07) is 6.00. The molecule has 0 atom stereocenters. The first-order valence-electron chi connectivity index (χ1n) is 6.07. The first kappa shape index (κ1) is 13.0. The van der Waals surface area contributed by atoms with Crippen LogP contribution in [-0.4, -0.2) is 18.4 Å². The van der Waals surface area contributed by atoms with Gasteiger partial charge in [-0.25, -0.2) is 0 Å². The van der Waals surface area contributed by atoms with E-state index in [0.717, 1.165) is 21.1 Å². The first-order valence-corrected chi connectivity index (χ1v) is 6.89. The monoisotopic (exact) mass is 263 g/mol. The fourth-order valence-electron chi connectivity index (χ4n) is 1.67. The van der Waals surface area contributed by atoms with Crippen molar-refractivity contribution in [1.82, 2.24) is 5.32 Å². The van der Waals surface area contributed by atoms with Crippen molar-refractivity contribution in [2.75, 3.05) is 6.61 Å². The van der Waals surface area contributed by atoms with Crippen molar-refractivity contribution >= 4 is 17.5 Å². The number of hydrogen-bond acceptors (Lipinski definition) is 4. The summed E-state index contributed by atoms with van der Waals surface area (Å²) in [6.07, 6.45) is 1.80. The predicted molar refractivity (Wildman–Crippen MR) is 74.2 cm³/mol. The Balaban J connectivity index is 2.22. The van der Waals surface area contributed by atoms with Crippen LogP contribution in [-0.2, 0) is 0 Å². The van der Waals surface area contributed by atoms with Gasteiger partial charge in [-0.1, -0.05) is 11.8 Å². The number of carbonyl (C=O) groups excluding carboxylic acids is 1. The fourth-order valence-corrected chi connectivity index (χ4v) is 2.63. The van der Waals surface area contributed by atoms with Crippen molar-refractivity contribution in [3.8, 4) is 5.75 Å². The van der Waals surface area contributed by atoms with Crippen molar-refractivity contribution in [3.63, 3.8) is 0 Å². The van der Waals surface area contributed by atoms with Gasteiger partial charge in [0, 0.05) is 22.7 Å². The number of nitrogens with one attached hydrogen (secondary N) is 1. The number of ketones is 1. The average molecular weight is 263 g/mol. The summed E-state index contributed by atoms with van der Waals surface area (Å²) in [6.45, 7) is 6.63. The van der Waals surface area contributed by atoms with Crippen LogP contribution in [0.25, 0.3) is 0 Å². The van der Waals surface area contributed by atoms with Crippen molar-refractivity contribution in [2.24, 2.45) is 0 Å². The molecule has 0 aliphatic carbocycles. The van der Waals surface area contributed by atoms with E-state index in [9.17, 15) is 4.79 Å². The summed E-state index contributed by atoms with van der Waals surface area (Å²) in [7, 11) is 0. The first-order chi connectivity index (χ1) is 8.61. The van der Waals surface area contributed by atoms with Crippen molar-refractivity contribution in [2.45, 2.75) is 31.7 Å². The van der Waals surface area contributed by atoms with Crippen LogP contribution in [0.1, 0.15) is 31.1 Å². The van der Waals surface area contributed by atoms with E-state index >= 15 is 0 Å². The number of carbonyl (C=O) groups is 1. The summed E-state index contributed by atoms with van der Waals surface area (Å²) in [5, 5.41) is 3.16. The molecule has 1 heterocycles. The second kappa shape index (κ2) is 5.48. The van der Waals surface area contributed by atoms with Crippen molar-refractivity contribution in [1.29, 1.82) is 0 Å². The predicted octanol–water partition coefficient (Wildman–Crippen LogP) is 3.21. The summed E-state index contributed by atoms with van der Waals surface area (Å²) in [5.41, 5.74) is 0.739. The molecular formula is C14H17NO2S. The highest BCUT2D eigenvalue weighted by molar-refractivity contribution is 8.04. The highest BCUT2D eigenvalue weighted by atomic mass is 32.2. The molecule has 0 unspecified atom stereocenters. The lowest BCUT2D eigenvalue weighted by Crippen LogP contribution is -2.16. The lowest BCUT2D eigenvalue weighted by Gasteiger charge is -2.04. The molecule has 3 nitrogen and oxygen atoms in total. The Morgan fingerprint density at radius 1 is 1.44 bits per heavy atom. The maximum absolute atomic E-state index is 12.2. The fraction of sp³-hybridized carbons (Fsp3) is 0.357. The number of Topliss-reactive ketones (excluding diaryl/α,β-unsaturated/α-hetero) is 1. The highest BCUT2D eigenvalue weighted by Crippen LogP contribution is 2.40. The van der Waals surface area contributed by atoms with Gasteiger partial charge in [0.15, 0.2) is 0 Å². The third-order valence-electron chi connectivity index (χ3n) is 2.50. The van der Waals surface area contributed by atoms with E-state index in [1.165, 1.54) is 11.8 Å².